The molecule has 6 rings (SSSR count). The summed E-state index contributed by atoms with van der Waals surface area (Å²) in [4.78, 5) is 37.5. The second-order valence-corrected chi connectivity index (χ2v) is 14.3. The molecule has 1 unspecified atom stereocenters. The Morgan fingerprint density at radius 2 is 1.71 bits per heavy atom. The number of anilines is 1. The minimum absolute atomic E-state index is 0.00233. The lowest BCUT2D eigenvalue weighted by atomic mass is 9.79. The third-order valence-corrected chi connectivity index (χ3v) is 11.6. The van der Waals surface area contributed by atoms with Crippen molar-refractivity contribution in [2.45, 2.75) is 43.0 Å². The van der Waals surface area contributed by atoms with E-state index in [2.05, 4.69) is 28.3 Å². The van der Waals surface area contributed by atoms with Crippen molar-refractivity contribution in [3.05, 3.63) is 77.5 Å². The second-order valence-electron chi connectivity index (χ2n) is 12.5. The van der Waals surface area contributed by atoms with Crippen LogP contribution in [-0.4, -0.2) is 82.1 Å². The topological polar surface area (TPSA) is 145 Å². The van der Waals surface area contributed by atoms with Crippen molar-refractivity contribution in [3.8, 4) is 17.7 Å². The van der Waals surface area contributed by atoms with E-state index in [1.165, 1.54) is 49.7 Å². The van der Waals surface area contributed by atoms with E-state index in [-0.39, 0.29) is 45.5 Å². The zero-order valence-corrected chi connectivity index (χ0v) is 28.2. The van der Waals surface area contributed by atoms with E-state index in [9.17, 15) is 18.5 Å². The van der Waals surface area contributed by atoms with Crippen LogP contribution in [0.4, 0.5) is 10.5 Å². The Kier molecular flexibility index (Phi) is 9.31. The number of pyridine rings is 1. The summed E-state index contributed by atoms with van der Waals surface area (Å²) in [5, 5.41) is 12.9. The lowest BCUT2D eigenvalue weighted by Crippen LogP contribution is -2.58. The number of aromatic nitrogens is 1. The van der Waals surface area contributed by atoms with E-state index in [1.54, 1.807) is 30.0 Å². The van der Waals surface area contributed by atoms with Crippen molar-refractivity contribution in [2.24, 2.45) is 11.8 Å². The van der Waals surface area contributed by atoms with Gasteiger partial charge in [0.25, 0.3) is 15.9 Å². The zero-order chi connectivity index (χ0) is 34.1. The summed E-state index contributed by atoms with van der Waals surface area (Å²) in [6.07, 6.45) is 5.45. The smallest absolute Gasteiger partial charge is 0.318 e. The first-order valence-electron chi connectivity index (χ1n) is 16.3. The molecule has 0 aliphatic carbocycles. The number of sulfonamides is 1. The molecule has 3 aliphatic rings. The highest BCUT2D eigenvalue weighted by Crippen LogP contribution is 2.50. The van der Waals surface area contributed by atoms with Crippen LogP contribution in [0, 0.1) is 23.2 Å². The van der Waals surface area contributed by atoms with Crippen LogP contribution in [0.25, 0.3) is 0 Å². The quantitative estimate of drug-likeness (QED) is 0.374. The van der Waals surface area contributed by atoms with Crippen molar-refractivity contribution in [1.29, 1.82) is 5.26 Å². The molecule has 0 radical (unpaired) electrons. The third kappa shape index (κ3) is 5.73. The van der Waals surface area contributed by atoms with E-state index in [0.29, 0.717) is 29.2 Å². The molecule has 48 heavy (non-hydrogen) atoms. The third-order valence-electron chi connectivity index (χ3n) is 9.85. The molecule has 12 nitrogen and oxygen atoms in total. The fourth-order valence-corrected chi connectivity index (χ4v) is 8.94. The van der Waals surface area contributed by atoms with Crippen LogP contribution in [0.2, 0.25) is 0 Å². The number of para-hydroxylation sites is 1. The van der Waals surface area contributed by atoms with Crippen LogP contribution in [0.15, 0.2) is 65.7 Å². The number of nitriles is 1. The van der Waals surface area contributed by atoms with Crippen molar-refractivity contribution in [3.63, 3.8) is 0 Å². The van der Waals surface area contributed by atoms with Gasteiger partial charge in [-0.05, 0) is 107 Å². The van der Waals surface area contributed by atoms with Gasteiger partial charge in [0, 0.05) is 24.8 Å². The maximum atomic E-state index is 15.1. The number of benzene rings is 2. The first kappa shape index (κ1) is 33.2. The monoisotopic (exact) mass is 672 g/mol. The molecular weight excluding hydrogens is 632 g/mol. The number of rotatable bonds is 8. The first-order chi connectivity index (χ1) is 23.1. The highest BCUT2D eigenvalue weighted by Gasteiger charge is 2.59. The lowest BCUT2D eigenvalue weighted by Gasteiger charge is -2.40. The van der Waals surface area contributed by atoms with Gasteiger partial charge in [0.05, 0.1) is 36.6 Å². The van der Waals surface area contributed by atoms with E-state index < -0.39 is 27.5 Å². The maximum Gasteiger partial charge on any atom is 0.318 e. The average molecular weight is 673 g/mol. The van der Waals surface area contributed by atoms with Gasteiger partial charge in [-0.2, -0.15) is 9.57 Å². The SMILES string of the molecule is CCOc1ncccc1C1(NC(=O)N2CCC(C3CCN(C)CC3)CC2)C(=O)N(S(=O)(=O)c2ccccc2OC)c2ccc(C#N)cc21. The number of urea groups is 1. The number of ether oxygens (including phenoxy) is 2. The number of methoxy groups -OCH3 is 1. The summed E-state index contributed by atoms with van der Waals surface area (Å²) in [5.41, 5.74) is -1.65. The molecule has 1 aromatic heterocycles. The number of carbonyl (C=O) groups excluding carboxylic acids is 2. The molecule has 2 fully saturated rings. The molecule has 0 spiro atoms. The molecule has 3 aromatic rings. The normalized spacial score (nSPS) is 20.7. The number of piperidine rings is 2. The minimum Gasteiger partial charge on any atom is -0.495 e. The summed E-state index contributed by atoms with van der Waals surface area (Å²) < 4.78 is 40.8. The number of carbonyl (C=O) groups is 2. The van der Waals surface area contributed by atoms with Gasteiger partial charge in [0.1, 0.15) is 10.6 Å². The molecule has 2 saturated heterocycles. The van der Waals surface area contributed by atoms with Crippen LogP contribution in [-0.2, 0) is 20.4 Å². The first-order valence-corrected chi connectivity index (χ1v) is 17.7. The molecule has 3 amide bonds. The van der Waals surface area contributed by atoms with E-state index in [1.807, 2.05) is 0 Å². The summed E-state index contributed by atoms with van der Waals surface area (Å²) in [6.45, 7) is 5.08. The van der Waals surface area contributed by atoms with Gasteiger partial charge >= 0.3 is 6.03 Å². The average Bonchev–Trinajstić information content (AvgIpc) is 3.36. The Labute approximate surface area is 281 Å². The molecule has 4 heterocycles. The minimum atomic E-state index is -4.61. The molecule has 3 aliphatic heterocycles. The van der Waals surface area contributed by atoms with Gasteiger partial charge in [0.15, 0.2) is 5.54 Å². The maximum absolute atomic E-state index is 15.1. The number of nitrogens with zero attached hydrogens (tertiary/aromatic N) is 5. The fourth-order valence-electron chi connectivity index (χ4n) is 7.32. The summed E-state index contributed by atoms with van der Waals surface area (Å²) in [6, 6.07) is 15.0. The standard InChI is InChI=1S/C35H40N6O6S/c1-4-47-32-27(8-7-17-37-32)35(38-34(43)40-20-15-26(16-21-40)25-13-18-39(2)19-14-25)28-22-24(23-36)11-12-29(28)41(33(35)42)48(44,45)31-10-6-5-9-30(31)46-3/h5-12,17,22,25-26H,4,13-16,18-21H2,1-3H3,(H,38,43). The summed E-state index contributed by atoms with van der Waals surface area (Å²) >= 11 is 0. The molecule has 252 valence electrons. The second kappa shape index (κ2) is 13.4. The molecule has 0 saturated carbocycles. The highest BCUT2D eigenvalue weighted by molar-refractivity contribution is 7.93. The van der Waals surface area contributed by atoms with Crippen molar-refractivity contribution in [2.75, 3.05) is 51.2 Å². The Bertz CT molecular complexity index is 1850. The summed E-state index contributed by atoms with van der Waals surface area (Å²) in [7, 11) is -1.12. The number of nitrogens with one attached hydrogen (secondary N) is 1. The van der Waals surface area contributed by atoms with Crippen LogP contribution in [0.1, 0.15) is 49.3 Å². The number of amides is 3. The van der Waals surface area contributed by atoms with Gasteiger partial charge in [-0.3, -0.25) is 4.79 Å². The lowest BCUT2D eigenvalue weighted by molar-refractivity contribution is -0.121. The Hall–Kier alpha value is -4.67. The van der Waals surface area contributed by atoms with E-state index in [0.717, 1.165) is 38.8 Å². The van der Waals surface area contributed by atoms with E-state index in [4.69, 9.17) is 9.47 Å². The number of hydrogen-bond donors (Lipinski definition) is 1. The molecule has 2 aromatic carbocycles. The van der Waals surface area contributed by atoms with Crippen LogP contribution in [0.3, 0.4) is 0 Å². The predicted octanol–water partition coefficient (Wildman–Crippen LogP) is 4.10. The van der Waals surface area contributed by atoms with Crippen molar-refractivity contribution >= 4 is 27.6 Å². The zero-order valence-electron chi connectivity index (χ0n) is 27.4. The molecule has 1 N–H and O–H groups in total. The molecule has 1 atom stereocenters. The van der Waals surface area contributed by atoms with Crippen molar-refractivity contribution < 1.29 is 27.5 Å². The van der Waals surface area contributed by atoms with Gasteiger partial charge in [-0.25, -0.2) is 18.2 Å². The molecule has 0 bridgehead atoms. The predicted molar refractivity (Wildman–Crippen MR) is 178 cm³/mol. The fraction of sp³-hybridized carbons (Fsp3) is 0.429. The highest BCUT2D eigenvalue weighted by atomic mass is 32.2. The molecule has 13 heteroatoms. The van der Waals surface area contributed by atoms with E-state index >= 15 is 4.79 Å². The summed E-state index contributed by atoms with van der Waals surface area (Å²) in [5.74, 6) is 0.267. The van der Waals surface area contributed by atoms with Crippen LogP contribution >= 0.6 is 0 Å². The van der Waals surface area contributed by atoms with Gasteiger partial charge < -0.3 is 24.6 Å². The number of fused-ring (bicyclic) bond motifs is 1. The van der Waals surface area contributed by atoms with Crippen molar-refractivity contribution in [1.82, 2.24) is 20.1 Å². The Morgan fingerprint density at radius 1 is 1.02 bits per heavy atom. The van der Waals surface area contributed by atoms with Gasteiger partial charge in [-0.15, -0.1) is 0 Å². The van der Waals surface area contributed by atoms with Gasteiger partial charge in [0.2, 0.25) is 5.88 Å². The van der Waals surface area contributed by atoms with Crippen LogP contribution < -0.4 is 19.1 Å². The number of likely N-dealkylation sites (tertiary alicyclic amines) is 2. The van der Waals surface area contributed by atoms with Gasteiger partial charge in [-0.1, -0.05) is 12.1 Å². The molecular formula is C35H40N6O6S. The van der Waals surface area contributed by atoms with Crippen LogP contribution in [0.5, 0.6) is 11.6 Å². The number of hydrogen-bond acceptors (Lipinski definition) is 9. The Balaban J connectivity index is 1.45. The Morgan fingerprint density at radius 3 is 2.38 bits per heavy atom. The largest absolute Gasteiger partial charge is 0.495 e.